The van der Waals surface area contributed by atoms with Crippen LogP contribution >= 0.6 is 0 Å². The van der Waals surface area contributed by atoms with Gasteiger partial charge in [0.1, 0.15) is 35.6 Å². The molecule has 0 bridgehead atoms. The Hall–Kier alpha value is -6.37. The minimum atomic E-state index is -0.523. The highest BCUT2D eigenvalue weighted by Crippen LogP contribution is 2.34. The number of benzene rings is 3. The normalized spacial score (nSPS) is 13.8. The second kappa shape index (κ2) is 14.5. The first-order valence-corrected chi connectivity index (χ1v) is 17.0. The van der Waals surface area contributed by atoms with E-state index in [1.54, 1.807) is 36.9 Å². The molecule has 4 N–H and O–H groups in total. The van der Waals surface area contributed by atoms with Crippen molar-refractivity contribution in [1.29, 1.82) is 0 Å². The molecule has 1 saturated heterocycles. The fraction of sp³-hybridized carbons (Fsp3) is 0.175. The third kappa shape index (κ3) is 6.72. The van der Waals surface area contributed by atoms with Gasteiger partial charge in [0.2, 0.25) is 11.8 Å². The molecule has 0 radical (unpaired) electrons. The standard InChI is InChI=1S/C23H18N6O.C17H17NO4/c24-20-17(5-2-10-25-20)21-27-18-8-9-19(23-26-11-12-30-23)28-22(18)29(21)16-7-6-14-3-1-4-15(14)13-16;18-16(19)13-6-7-15(14(10-13)17-20-8-9-21-17)22-11-12-4-2-1-3-5-12/h2,5-13H,1,3-4H2,(H2,24,25);1-7,10,17H,8-9,11H2,(H2,18,19). The first-order chi connectivity index (χ1) is 25.5. The SMILES string of the molecule is NC(=O)c1ccc(OCc2ccccc2)c(C2OCCO2)c1.Nc1ncccc1-c1nc2ccc(-c3ncco3)nc2n1-c1ccc2c(c1)CCC2. The summed E-state index contributed by atoms with van der Waals surface area (Å²) in [5, 5.41) is 0. The van der Waals surface area contributed by atoms with Gasteiger partial charge in [0.15, 0.2) is 17.8 Å². The Balaban J connectivity index is 0.000000157. The Kier molecular flexibility index (Phi) is 9.13. The zero-order chi connectivity index (χ0) is 35.4. The number of nitrogen functional groups attached to an aromatic ring is 1. The third-order valence-corrected chi connectivity index (χ3v) is 8.98. The molecule has 12 nitrogen and oxygen atoms in total. The van der Waals surface area contributed by atoms with Crippen molar-refractivity contribution in [2.45, 2.75) is 32.2 Å². The van der Waals surface area contributed by atoms with Crippen molar-refractivity contribution < 1.29 is 23.4 Å². The number of pyridine rings is 2. The van der Waals surface area contributed by atoms with Gasteiger partial charge in [-0.2, -0.15) is 0 Å². The van der Waals surface area contributed by atoms with Gasteiger partial charge in [0.25, 0.3) is 0 Å². The number of oxazole rings is 1. The molecular weight excluding hydrogens is 658 g/mol. The van der Waals surface area contributed by atoms with Crippen molar-refractivity contribution in [3.05, 3.63) is 137 Å². The number of imidazole rings is 1. The summed E-state index contributed by atoms with van der Waals surface area (Å²) < 4.78 is 24.4. The van der Waals surface area contributed by atoms with E-state index in [0.717, 1.165) is 40.8 Å². The van der Waals surface area contributed by atoms with E-state index in [1.165, 1.54) is 17.5 Å². The van der Waals surface area contributed by atoms with E-state index < -0.39 is 12.2 Å². The summed E-state index contributed by atoms with van der Waals surface area (Å²) in [5.74, 6) is 1.75. The van der Waals surface area contributed by atoms with Crippen LogP contribution < -0.4 is 16.2 Å². The number of carbonyl (C=O) groups excluding carboxylic acids is 1. The monoisotopic (exact) mass is 693 g/mol. The van der Waals surface area contributed by atoms with E-state index in [1.807, 2.05) is 59.2 Å². The quantitative estimate of drug-likeness (QED) is 0.177. The maximum absolute atomic E-state index is 11.4. The lowest BCUT2D eigenvalue weighted by Gasteiger charge is -2.16. The number of fused-ring (bicyclic) bond motifs is 2. The molecule has 9 rings (SSSR count). The molecule has 260 valence electrons. The van der Waals surface area contributed by atoms with E-state index >= 15 is 0 Å². The maximum Gasteiger partial charge on any atom is 0.248 e. The number of nitrogens with two attached hydrogens (primary N) is 2. The minimum Gasteiger partial charge on any atom is -0.488 e. The van der Waals surface area contributed by atoms with Gasteiger partial charge < -0.3 is 30.1 Å². The van der Waals surface area contributed by atoms with Crippen LogP contribution in [0.3, 0.4) is 0 Å². The summed E-state index contributed by atoms with van der Waals surface area (Å²) in [5.41, 5.74) is 20.4. The topological polar surface area (TPSA) is 166 Å². The van der Waals surface area contributed by atoms with Crippen molar-refractivity contribution >= 4 is 22.9 Å². The molecular formula is C40H35N7O5. The van der Waals surface area contributed by atoms with E-state index in [9.17, 15) is 4.79 Å². The highest BCUT2D eigenvalue weighted by atomic mass is 16.7. The van der Waals surface area contributed by atoms with Crippen LogP contribution in [-0.4, -0.2) is 43.6 Å². The second-order valence-electron chi connectivity index (χ2n) is 12.4. The number of aromatic nitrogens is 5. The first-order valence-electron chi connectivity index (χ1n) is 17.0. The van der Waals surface area contributed by atoms with Crippen molar-refractivity contribution in [2.24, 2.45) is 5.73 Å². The van der Waals surface area contributed by atoms with Crippen LogP contribution in [0.5, 0.6) is 5.75 Å². The van der Waals surface area contributed by atoms with Gasteiger partial charge in [-0.1, -0.05) is 36.4 Å². The predicted octanol–water partition coefficient (Wildman–Crippen LogP) is 6.62. The number of amides is 1. The van der Waals surface area contributed by atoms with E-state index in [0.29, 0.717) is 59.9 Å². The molecule has 1 amide bonds. The third-order valence-electron chi connectivity index (χ3n) is 8.98. The highest BCUT2D eigenvalue weighted by molar-refractivity contribution is 5.93. The second-order valence-corrected chi connectivity index (χ2v) is 12.4. The van der Waals surface area contributed by atoms with Crippen LogP contribution in [0.15, 0.2) is 114 Å². The predicted molar refractivity (Wildman–Crippen MR) is 194 cm³/mol. The summed E-state index contributed by atoms with van der Waals surface area (Å²) in [6.45, 7) is 1.46. The number of hydrogen-bond donors (Lipinski definition) is 2. The smallest absolute Gasteiger partial charge is 0.248 e. The summed E-state index contributed by atoms with van der Waals surface area (Å²) in [6.07, 6.45) is 7.73. The number of anilines is 1. The van der Waals surface area contributed by atoms with E-state index in [2.05, 4.69) is 28.2 Å². The summed E-state index contributed by atoms with van der Waals surface area (Å²) in [6, 6.07) is 29.0. The average molecular weight is 694 g/mol. The van der Waals surface area contributed by atoms with Gasteiger partial charge in [0, 0.05) is 17.4 Å². The van der Waals surface area contributed by atoms with Crippen molar-refractivity contribution in [1.82, 2.24) is 24.5 Å². The zero-order valence-corrected chi connectivity index (χ0v) is 28.1. The van der Waals surface area contributed by atoms with Gasteiger partial charge in [-0.3, -0.25) is 9.36 Å². The number of primary amides is 1. The average Bonchev–Trinajstić information content (AvgIpc) is 4.02. The Bertz CT molecular complexity index is 2350. The summed E-state index contributed by atoms with van der Waals surface area (Å²) in [4.78, 5) is 29.6. The molecule has 2 aliphatic rings. The molecule has 1 aliphatic heterocycles. The number of hydrogen-bond acceptors (Lipinski definition) is 10. The van der Waals surface area contributed by atoms with Gasteiger partial charge in [0.05, 0.1) is 30.5 Å². The van der Waals surface area contributed by atoms with E-state index in [4.69, 9.17) is 40.1 Å². The number of ether oxygens (including phenoxy) is 3. The molecule has 3 aromatic carbocycles. The number of rotatable bonds is 8. The Labute approximate surface area is 299 Å². The molecule has 0 saturated carbocycles. The van der Waals surface area contributed by atoms with Crippen molar-refractivity contribution in [3.8, 4) is 34.4 Å². The van der Waals surface area contributed by atoms with E-state index in [-0.39, 0.29) is 0 Å². The lowest BCUT2D eigenvalue weighted by Crippen LogP contribution is -2.13. The summed E-state index contributed by atoms with van der Waals surface area (Å²) >= 11 is 0. The van der Waals surface area contributed by atoms with Crippen LogP contribution in [0.25, 0.3) is 39.8 Å². The Morgan fingerprint density at radius 1 is 0.865 bits per heavy atom. The van der Waals surface area contributed by atoms with Crippen molar-refractivity contribution in [3.63, 3.8) is 0 Å². The largest absolute Gasteiger partial charge is 0.488 e. The van der Waals surface area contributed by atoms with Gasteiger partial charge in [-0.25, -0.2) is 19.9 Å². The number of aryl methyl sites for hydroxylation is 2. The Morgan fingerprint density at radius 2 is 1.71 bits per heavy atom. The molecule has 0 atom stereocenters. The highest BCUT2D eigenvalue weighted by Gasteiger charge is 2.24. The number of nitrogens with zero attached hydrogens (tertiary/aromatic N) is 5. The zero-order valence-electron chi connectivity index (χ0n) is 28.1. The van der Waals surface area contributed by atoms with Crippen molar-refractivity contribution in [2.75, 3.05) is 18.9 Å². The molecule has 1 aliphatic carbocycles. The molecule has 52 heavy (non-hydrogen) atoms. The molecule has 5 heterocycles. The van der Waals surface area contributed by atoms with Crippen LogP contribution in [-0.2, 0) is 28.9 Å². The maximum atomic E-state index is 11.4. The van der Waals surface area contributed by atoms with Crippen LogP contribution in [0.4, 0.5) is 5.82 Å². The molecule has 1 fully saturated rings. The van der Waals surface area contributed by atoms with Gasteiger partial charge in [-0.15, -0.1) is 0 Å². The Morgan fingerprint density at radius 3 is 2.50 bits per heavy atom. The lowest BCUT2D eigenvalue weighted by atomic mass is 10.1. The first kappa shape index (κ1) is 32.8. The van der Waals surface area contributed by atoms with Crippen LogP contribution in [0.2, 0.25) is 0 Å². The molecule has 7 aromatic rings. The molecule has 0 unspecified atom stereocenters. The summed E-state index contributed by atoms with van der Waals surface area (Å²) in [7, 11) is 0. The fourth-order valence-electron chi connectivity index (χ4n) is 6.45. The van der Waals surface area contributed by atoms with Crippen LogP contribution in [0, 0.1) is 0 Å². The number of carbonyl (C=O) groups is 1. The minimum absolute atomic E-state index is 0.404. The van der Waals surface area contributed by atoms with Gasteiger partial charge >= 0.3 is 0 Å². The molecule has 0 spiro atoms. The molecule has 12 heteroatoms. The lowest BCUT2D eigenvalue weighted by molar-refractivity contribution is -0.0459. The fourth-order valence-corrected chi connectivity index (χ4v) is 6.45. The van der Waals surface area contributed by atoms with Crippen LogP contribution in [0.1, 0.15) is 45.3 Å². The van der Waals surface area contributed by atoms with Gasteiger partial charge in [-0.05, 0) is 90.6 Å². The molecule has 4 aromatic heterocycles.